The van der Waals surface area contributed by atoms with Gasteiger partial charge in [0.1, 0.15) is 0 Å². The maximum Gasteiger partial charge on any atom is 0.416 e. The number of aromatic nitrogens is 1. The molecular weight excluding hydrogens is 381 g/mol. The highest BCUT2D eigenvalue weighted by atomic mass is 35.5. The van der Waals surface area contributed by atoms with E-state index in [0.717, 1.165) is 34.1 Å². The Morgan fingerprint density at radius 2 is 1.92 bits per heavy atom. The Balaban J connectivity index is 2.70. The average Bonchev–Trinajstić information content (AvgIpc) is 2.75. The first kappa shape index (κ1) is 19.2. The van der Waals surface area contributed by atoms with Crippen LogP contribution in [0.5, 0.6) is 5.88 Å². The predicted molar refractivity (Wildman–Crippen MR) is 86.3 cm³/mol. The summed E-state index contributed by atoms with van der Waals surface area (Å²) in [4.78, 5) is 27.7. The summed E-state index contributed by atoms with van der Waals surface area (Å²) in [5.74, 6) is -1.17. The maximum atomic E-state index is 12.9. The number of esters is 1. The fraction of sp³-hybridized carbons (Fsp3) is 0.267. The lowest BCUT2D eigenvalue weighted by Crippen LogP contribution is -2.22. The highest BCUT2D eigenvalue weighted by molar-refractivity contribution is 7.09. The molecule has 1 aromatic heterocycles. The van der Waals surface area contributed by atoms with Crippen molar-refractivity contribution >= 4 is 40.5 Å². The van der Waals surface area contributed by atoms with Crippen LogP contribution in [0, 0.1) is 6.92 Å². The molecule has 0 aliphatic rings. The van der Waals surface area contributed by atoms with Crippen LogP contribution in [0.4, 0.5) is 18.9 Å². The van der Waals surface area contributed by atoms with E-state index in [1.54, 1.807) is 6.92 Å². The van der Waals surface area contributed by atoms with Crippen LogP contribution >= 0.6 is 22.9 Å². The molecule has 0 N–H and O–H groups in total. The van der Waals surface area contributed by atoms with Gasteiger partial charge in [0.05, 0.1) is 21.2 Å². The van der Waals surface area contributed by atoms with Gasteiger partial charge in [0.15, 0.2) is 4.80 Å². The summed E-state index contributed by atoms with van der Waals surface area (Å²) in [6.07, 6.45) is -4.56. The minimum absolute atomic E-state index is 0.0109. The fourth-order valence-electron chi connectivity index (χ4n) is 1.95. The highest BCUT2D eigenvalue weighted by Gasteiger charge is 2.31. The van der Waals surface area contributed by atoms with E-state index < -0.39 is 23.6 Å². The maximum absolute atomic E-state index is 12.9. The molecule has 1 aromatic carbocycles. The number of nitrogens with zero attached hydrogens (tertiary/aromatic N) is 2. The van der Waals surface area contributed by atoms with Gasteiger partial charge in [-0.05, 0) is 25.1 Å². The number of aryl methyl sites for hydroxylation is 1. The number of carbonyl (C=O) groups is 2. The molecule has 0 spiro atoms. The van der Waals surface area contributed by atoms with Crippen molar-refractivity contribution in [1.29, 1.82) is 0 Å². The minimum atomic E-state index is -4.56. The Morgan fingerprint density at radius 3 is 2.44 bits per heavy atom. The van der Waals surface area contributed by atoms with Crippen molar-refractivity contribution < 1.29 is 27.5 Å². The molecule has 5 nitrogen and oxygen atoms in total. The van der Waals surface area contributed by atoms with Gasteiger partial charge in [-0.2, -0.15) is 13.2 Å². The third-order valence-electron chi connectivity index (χ3n) is 2.98. The molecule has 0 unspecified atom stereocenters. The predicted octanol–water partition coefficient (Wildman–Crippen LogP) is 4.35. The van der Waals surface area contributed by atoms with Gasteiger partial charge in [0.2, 0.25) is 11.8 Å². The summed E-state index contributed by atoms with van der Waals surface area (Å²) in [6, 6.07) is 2.70. The van der Waals surface area contributed by atoms with Crippen LogP contribution in [-0.4, -0.2) is 16.4 Å². The number of ether oxygens (including phenoxy) is 1. The number of carbonyl (C=O) groups excluding carboxylic acids is 2. The first-order valence-corrected chi connectivity index (χ1v) is 8.03. The standard InChI is InChI=1S/C15H12ClF3N2O3S/c1-7-13(24-9(3)23)21(8(2)22)14(25-7)20-12-6-10(15(17,18)19)4-5-11(12)16/h4-6H,1-3H3. The van der Waals surface area contributed by atoms with Crippen molar-refractivity contribution in [3.8, 4) is 5.88 Å². The van der Waals surface area contributed by atoms with E-state index in [1.165, 1.54) is 13.8 Å². The lowest BCUT2D eigenvalue weighted by atomic mass is 10.2. The summed E-state index contributed by atoms with van der Waals surface area (Å²) in [6.45, 7) is 3.98. The topological polar surface area (TPSA) is 60.7 Å². The average molecular weight is 393 g/mol. The summed E-state index contributed by atoms with van der Waals surface area (Å²) >= 11 is 6.91. The Bertz CT molecular complexity index is 916. The molecule has 1 heterocycles. The molecular formula is C15H12ClF3N2O3S. The normalized spacial score (nSPS) is 12.4. The quantitative estimate of drug-likeness (QED) is 0.714. The SMILES string of the molecule is CC(=O)Oc1c(C)sc(=Nc2cc(C(F)(F)F)ccc2Cl)n1C(C)=O. The smallest absolute Gasteiger partial charge is 0.408 e. The first-order chi connectivity index (χ1) is 11.5. The van der Waals surface area contributed by atoms with Crippen LogP contribution in [-0.2, 0) is 11.0 Å². The van der Waals surface area contributed by atoms with Gasteiger partial charge in [-0.25, -0.2) is 9.56 Å². The number of hydrogen-bond acceptors (Lipinski definition) is 5. The third kappa shape index (κ3) is 4.29. The van der Waals surface area contributed by atoms with Crippen LogP contribution in [0.1, 0.15) is 29.1 Å². The van der Waals surface area contributed by atoms with Gasteiger partial charge in [-0.3, -0.25) is 9.59 Å². The van der Waals surface area contributed by atoms with E-state index >= 15 is 0 Å². The molecule has 0 bridgehead atoms. The molecule has 10 heteroatoms. The molecule has 25 heavy (non-hydrogen) atoms. The molecule has 0 amide bonds. The lowest BCUT2D eigenvalue weighted by Gasteiger charge is -2.08. The Labute approximate surface area is 149 Å². The fourth-order valence-corrected chi connectivity index (χ4v) is 3.05. The van der Waals surface area contributed by atoms with Gasteiger partial charge in [0.25, 0.3) is 0 Å². The van der Waals surface area contributed by atoms with Crippen LogP contribution in [0.25, 0.3) is 0 Å². The van der Waals surface area contributed by atoms with Crippen LogP contribution in [0.3, 0.4) is 0 Å². The molecule has 2 aromatic rings. The van der Waals surface area contributed by atoms with E-state index in [0.29, 0.717) is 4.88 Å². The zero-order valence-electron chi connectivity index (χ0n) is 13.3. The largest absolute Gasteiger partial charge is 0.416 e. The molecule has 0 saturated heterocycles. The molecule has 0 aliphatic heterocycles. The summed E-state index contributed by atoms with van der Waals surface area (Å²) < 4.78 is 44.6. The molecule has 0 aliphatic carbocycles. The van der Waals surface area contributed by atoms with Crippen molar-refractivity contribution in [2.75, 3.05) is 0 Å². The second-order valence-electron chi connectivity index (χ2n) is 4.97. The number of benzene rings is 1. The van der Waals surface area contributed by atoms with E-state index in [4.69, 9.17) is 16.3 Å². The van der Waals surface area contributed by atoms with E-state index in [9.17, 15) is 22.8 Å². The van der Waals surface area contributed by atoms with Gasteiger partial charge >= 0.3 is 12.1 Å². The van der Waals surface area contributed by atoms with Crippen molar-refractivity contribution in [1.82, 2.24) is 4.57 Å². The van der Waals surface area contributed by atoms with Gasteiger partial charge in [-0.1, -0.05) is 22.9 Å². The van der Waals surface area contributed by atoms with Crippen molar-refractivity contribution in [3.63, 3.8) is 0 Å². The van der Waals surface area contributed by atoms with Crippen molar-refractivity contribution in [3.05, 3.63) is 38.5 Å². The van der Waals surface area contributed by atoms with Crippen molar-refractivity contribution in [2.24, 2.45) is 4.99 Å². The summed E-state index contributed by atoms with van der Waals surface area (Å²) in [5, 5.41) is -0.0109. The van der Waals surface area contributed by atoms with E-state index in [2.05, 4.69) is 4.99 Å². The second-order valence-corrected chi connectivity index (χ2v) is 6.56. The number of thiazole rings is 1. The molecule has 0 saturated carbocycles. The second kappa shape index (κ2) is 7.01. The minimum Gasteiger partial charge on any atom is -0.408 e. The third-order valence-corrected chi connectivity index (χ3v) is 4.24. The summed E-state index contributed by atoms with van der Waals surface area (Å²) in [5.41, 5.74) is -1.07. The molecule has 134 valence electrons. The molecule has 0 fully saturated rings. The Kier molecular flexibility index (Phi) is 5.38. The highest BCUT2D eigenvalue weighted by Crippen LogP contribution is 2.35. The number of hydrogen-bond donors (Lipinski definition) is 0. The van der Waals surface area contributed by atoms with Gasteiger partial charge in [0, 0.05) is 13.8 Å². The lowest BCUT2D eigenvalue weighted by molar-refractivity contribution is -0.137. The Hall–Kier alpha value is -2.13. The van der Waals surface area contributed by atoms with E-state index in [-0.39, 0.29) is 21.4 Å². The number of halogens is 4. The van der Waals surface area contributed by atoms with Crippen LogP contribution in [0.15, 0.2) is 23.2 Å². The molecule has 0 atom stereocenters. The number of rotatable bonds is 2. The van der Waals surface area contributed by atoms with Gasteiger partial charge < -0.3 is 4.74 Å². The van der Waals surface area contributed by atoms with Crippen LogP contribution < -0.4 is 9.54 Å². The van der Waals surface area contributed by atoms with Crippen LogP contribution in [0.2, 0.25) is 5.02 Å². The van der Waals surface area contributed by atoms with Crippen molar-refractivity contribution in [2.45, 2.75) is 26.9 Å². The monoisotopic (exact) mass is 392 g/mol. The molecule has 0 radical (unpaired) electrons. The Morgan fingerprint density at radius 1 is 1.28 bits per heavy atom. The number of alkyl halides is 3. The molecule has 2 rings (SSSR count). The zero-order chi connectivity index (χ0) is 18.9. The summed E-state index contributed by atoms with van der Waals surface area (Å²) in [7, 11) is 0. The van der Waals surface area contributed by atoms with Gasteiger partial charge in [-0.15, -0.1) is 0 Å². The van der Waals surface area contributed by atoms with E-state index in [1.807, 2.05) is 0 Å². The first-order valence-electron chi connectivity index (χ1n) is 6.84. The zero-order valence-corrected chi connectivity index (χ0v) is 14.8.